The smallest absolute Gasteiger partial charge is 0.270 e. The van der Waals surface area contributed by atoms with Crippen LogP contribution in [0.5, 0.6) is 0 Å². The van der Waals surface area contributed by atoms with Crippen molar-refractivity contribution in [1.82, 2.24) is 20.4 Å². The van der Waals surface area contributed by atoms with E-state index in [9.17, 15) is 9.90 Å². The van der Waals surface area contributed by atoms with E-state index in [0.717, 1.165) is 49.0 Å². The van der Waals surface area contributed by atoms with Gasteiger partial charge in [-0.3, -0.25) is 9.48 Å². The number of aromatic nitrogens is 2. The average Bonchev–Trinajstić information content (AvgIpc) is 3.00. The first-order valence-electron chi connectivity index (χ1n) is 9.43. The maximum atomic E-state index is 13.3. The largest absolute Gasteiger partial charge is 0.389 e. The second kappa shape index (κ2) is 6.85. The number of β-amino-alcohol motifs (C(OH)–C–C–N with tert-alkyl or cyclic N) is 1. The summed E-state index contributed by atoms with van der Waals surface area (Å²) in [5, 5.41) is 21.8. The third-order valence-electron chi connectivity index (χ3n) is 5.76. The molecule has 2 atom stereocenters. The minimum atomic E-state index is -0.782. The van der Waals surface area contributed by atoms with Crippen molar-refractivity contribution >= 4 is 5.91 Å². The van der Waals surface area contributed by atoms with E-state index in [1.807, 2.05) is 37.4 Å². The van der Waals surface area contributed by atoms with Crippen LogP contribution in [0.1, 0.15) is 46.6 Å². The zero-order valence-electron chi connectivity index (χ0n) is 15.2. The second-order valence-corrected chi connectivity index (χ2v) is 7.37. The molecule has 6 heteroatoms. The predicted molar refractivity (Wildman–Crippen MR) is 98.9 cm³/mol. The lowest BCUT2D eigenvalue weighted by atomic mass is 9.79. The van der Waals surface area contributed by atoms with E-state index in [0.29, 0.717) is 18.7 Å². The molecule has 0 saturated carbocycles. The molecule has 1 fully saturated rings. The van der Waals surface area contributed by atoms with Gasteiger partial charge in [-0.15, -0.1) is 0 Å². The number of fused-ring (bicyclic) bond motifs is 1. The van der Waals surface area contributed by atoms with Gasteiger partial charge < -0.3 is 15.7 Å². The summed E-state index contributed by atoms with van der Waals surface area (Å²) in [6.07, 6.45) is 4.01. The molecule has 2 aliphatic rings. The third-order valence-corrected chi connectivity index (χ3v) is 5.76. The lowest BCUT2D eigenvalue weighted by molar-refractivity contribution is 0.0286. The van der Waals surface area contributed by atoms with Crippen LogP contribution in [0.25, 0.3) is 0 Å². The van der Waals surface area contributed by atoms with E-state index in [4.69, 9.17) is 0 Å². The van der Waals surface area contributed by atoms with Crippen molar-refractivity contribution in [3.8, 4) is 0 Å². The van der Waals surface area contributed by atoms with E-state index >= 15 is 0 Å². The van der Waals surface area contributed by atoms with Crippen molar-refractivity contribution in [3.63, 3.8) is 0 Å². The fourth-order valence-electron chi connectivity index (χ4n) is 4.38. The Balaban J connectivity index is 1.71. The number of aliphatic hydroxyl groups is 1. The van der Waals surface area contributed by atoms with E-state index in [1.54, 1.807) is 4.68 Å². The molecule has 1 aromatic carbocycles. The Bertz CT molecular complexity index is 802. The molecule has 1 aromatic heterocycles. The van der Waals surface area contributed by atoms with Gasteiger partial charge in [0, 0.05) is 19.2 Å². The van der Waals surface area contributed by atoms with Gasteiger partial charge in [0.1, 0.15) is 5.69 Å². The average molecular weight is 354 g/mol. The number of carbonyl (C=O) groups excluding carboxylic acids is 1. The Morgan fingerprint density at radius 1 is 1.31 bits per heavy atom. The highest BCUT2D eigenvalue weighted by Gasteiger charge is 2.43. The molecule has 1 saturated heterocycles. The molecule has 0 unspecified atom stereocenters. The molecule has 2 heterocycles. The van der Waals surface area contributed by atoms with Crippen LogP contribution in [0, 0.1) is 0 Å². The first-order chi connectivity index (χ1) is 12.6. The van der Waals surface area contributed by atoms with Crippen LogP contribution in [0.15, 0.2) is 30.3 Å². The number of rotatable bonds is 3. The standard InChI is InChI=1S/C20H26N4O2/c1-24-18(15-9-5-6-10-16(15)23-24)19(26)22-20(11-12-21-13-17(20)25)14-7-3-2-4-8-14/h2-4,7-8,17,21,25H,5-6,9-13H2,1H3,(H,22,26)/t17-,20-/m1/s1. The number of aryl methyl sites for hydroxylation is 2. The molecule has 1 amide bonds. The van der Waals surface area contributed by atoms with Crippen molar-refractivity contribution in [2.75, 3.05) is 13.1 Å². The summed E-state index contributed by atoms with van der Waals surface area (Å²) in [4.78, 5) is 13.3. The first-order valence-corrected chi connectivity index (χ1v) is 9.43. The summed E-state index contributed by atoms with van der Waals surface area (Å²) in [5.74, 6) is -0.145. The summed E-state index contributed by atoms with van der Waals surface area (Å²) in [6, 6.07) is 9.80. The number of amides is 1. The number of nitrogens with zero attached hydrogens (tertiary/aromatic N) is 2. The topological polar surface area (TPSA) is 79.2 Å². The fourth-order valence-corrected chi connectivity index (χ4v) is 4.38. The van der Waals surface area contributed by atoms with Gasteiger partial charge in [-0.25, -0.2) is 0 Å². The van der Waals surface area contributed by atoms with Crippen LogP contribution in [-0.2, 0) is 25.4 Å². The lowest BCUT2D eigenvalue weighted by Crippen LogP contribution is -2.61. The number of carbonyl (C=O) groups is 1. The minimum Gasteiger partial charge on any atom is -0.389 e. The monoisotopic (exact) mass is 354 g/mol. The van der Waals surface area contributed by atoms with Gasteiger partial charge in [0.05, 0.1) is 17.3 Å². The summed E-state index contributed by atoms with van der Waals surface area (Å²) in [7, 11) is 1.83. The highest BCUT2D eigenvalue weighted by Crippen LogP contribution is 2.32. The molecule has 26 heavy (non-hydrogen) atoms. The van der Waals surface area contributed by atoms with Gasteiger partial charge in [0.15, 0.2) is 0 Å². The lowest BCUT2D eigenvalue weighted by Gasteiger charge is -2.43. The molecule has 2 aromatic rings. The van der Waals surface area contributed by atoms with Crippen LogP contribution in [0.2, 0.25) is 0 Å². The van der Waals surface area contributed by atoms with Crippen molar-refractivity contribution in [2.24, 2.45) is 7.05 Å². The summed E-state index contributed by atoms with van der Waals surface area (Å²) in [5.41, 5.74) is 2.92. The normalized spacial score (nSPS) is 25.5. The highest BCUT2D eigenvalue weighted by molar-refractivity contribution is 5.95. The summed E-state index contributed by atoms with van der Waals surface area (Å²) >= 11 is 0. The van der Waals surface area contributed by atoms with Crippen LogP contribution in [0.4, 0.5) is 0 Å². The number of aliphatic hydroxyl groups excluding tert-OH is 1. The van der Waals surface area contributed by atoms with Gasteiger partial charge in [-0.05, 0) is 44.2 Å². The van der Waals surface area contributed by atoms with Gasteiger partial charge in [-0.1, -0.05) is 30.3 Å². The van der Waals surface area contributed by atoms with Gasteiger partial charge in [-0.2, -0.15) is 5.10 Å². The van der Waals surface area contributed by atoms with Crippen LogP contribution < -0.4 is 10.6 Å². The maximum Gasteiger partial charge on any atom is 0.270 e. The number of nitrogens with one attached hydrogen (secondary N) is 2. The van der Waals surface area contributed by atoms with Crippen LogP contribution in [0.3, 0.4) is 0 Å². The summed E-state index contributed by atoms with van der Waals surface area (Å²) in [6.45, 7) is 1.20. The molecule has 1 aliphatic heterocycles. The van der Waals surface area contributed by atoms with Crippen molar-refractivity contribution in [3.05, 3.63) is 52.8 Å². The molecule has 1 aliphatic carbocycles. The molecular formula is C20H26N4O2. The molecule has 6 nitrogen and oxygen atoms in total. The highest BCUT2D eigenvalue weighted by atomic mass is 16.3. The Morgan fingerprint density at radius 3 is 2.85 bits per heavy atom. The van der Waals surface area contributed by atoms with E-state index < -0.39 is 11.6 Å². The van der Waals surface area contributed by atoms with E-state index in [2.05, 4.69) is 15.7 Å². The Morgan fingerprint density at radius 2 is 2.08 bits per heavy atom. The number of hydrogen-bond donors (Lipinski definition) is 3. The fraction of sp³-hybridized carbons (Fsp3) is 0.500. The Labute approximate surface area is 153 Å². The maximum absolute atomic E-state index is 13.3. The third kappa shape index (κ3) is 2.83. The molecular weight excluding hydrogens is 328 g/mol. The molecule has 0 radical (unpaired) electrons. The number of benzene rings is 1. The molecule has 138 valence electrons. The van der Waals surface area contributed by atoms with Gasteiger partial charge in [0.2, 0.25) is 0 Å². The SMILES string of the molecule is Cn1nc2c(c1C(=O)N[C@@]1(c3ccccc3)CCNC[C@H]1O)CCCC2. The summed E-state index contributed by atoms with van der Waals surface area (Å²) < 4.78 is 1.71. The Hall–Kier alpha value is -2.18. The molecule has 3 N–H and O–H groups in total. The minimum absolute atomic E-state index is 0.145. The zero-order chi connectivity index (χ0) is 18.1. The van der Waals surface area contributed by atoms with E-state index in [-0.39, 0.29) is 5.91 Å². The molecule has 4 rings (SSSR count). The Kier molecular flexibility index (Phi) is 4.54. The van der Waals surface area contributed by atoms with Crippen LogP contribution >= 0.6 is 0 Å². The molecule has 0 bridgehead atoms. The molecule has 0 spiro atoms. The zero-order valence-corrected chi connectivity index (χ0v) is 15.2. The van der Waals surface area contributed by atoms with Crippen molar-refractivity contribution in [2.45, 2.75) is 43.7 Å². The van der Waals surface area contributed by atoms with Gasteiger partial charge in [0.25, 0.3) is 5.91 Å². The first kappa shape index (κ1) is 17.2. The van der Waals surface area contributed by atoms with Gasteiger partial charge >= 0.3 is 0 Å². The number of hydrogen-bond acceptors (Lipinski definition) is 4. The van der Waals surface area contributed by atoms with E-state index in [1.165, 1.54) is 0 Å². The van der Waals surface area contributed by atoms with Crippen molar-refractivity contribution < 1.29 is 9.90 Å². The quantitative estimate of drug-likeness (QED) is 0.776. The van der Waals surface area contributed by atoms with Crippen LogP contribution in [-0.4, -0.2) is 40.0 Å². The number of piperidine rings is 1. The van der Waals surface area contributed by atoms with Crippen molar-refractivity contribution in [1.29, 1.82) is 0 Å². The second-order valence-electron chi connectivity index (χ2n) is 7.37. The predicted octanol–water partition coefficient (Wildman–Crippen LogP) is 1.28.